The molecule has 1 aromatic carbocycles. The zero-order valence-corrected chi connectivity index (χ0v) is 13.1. The van der Waals surface area contributed by atoms with Crippen molar-refractivity contribution in [2.75, 3.05) is 25.6 Å². The molecule has 1 aliphatic rings. The maximum atomic E-state index is 11.2. The molecule has 112 valence electrons. The topological polar surface area (TPSA) is 49.4 Å². The van der Waals surface area contributed by atoms with Crippen LogP contribution in [0.25, 0.3) is 0 Å². The van der Waals surface area contributed by atoms with Gasteiger partial charge in [-0.15, -0.1) is 0 Å². The predicted molar refractivity (Wildman–Crippen MR) is 82.3 cm³/mol. The average Bonchev–Trinajstić information content (AvgIpc) is 3.18. The smallest absolute Gasteiger partial charge is 0.148 e. The third-order valence-corrected chi connectivity index (χ3v) is 4.38. The lowest BCUT2D eigenvalue weighted by molar-refractivity contribution is 0.346. The van der Waals surface area contributed by atoms with E-state index in [1.807, 2.05) is 7.05 Å². The van der Waals surface area contributed by atoms with Crippen molar-refractivity contribution in [1.29, 1.82) is 0 Å². The van der Waals surface area contributed by atoms with Crippen LogP contribution in [0.1, 0.15) is 24.0 Å². The fourth-order valence-electron chi connectivity index (χ4n) is 2.10. The maximum absolute atomic E-state index is 11.2. The third kappa shape index (κ3) is 6.03. The quantitative estimate of drug-likeness (QED) is 0.788. The number of hydrogen-bond acceptors (Lipinski definition) is 4. The van der Waals surface area contributed by atoms with Crippen LogP contribution in [0, 0.1) is 0 Å². The zero-order valence-electron chi connectivity index (χ0n) is 12.3. The van der Waals surface area contributed by atoms with Crippen molar-refractivity contribution in [2.45, 2.75) is 32.0 Å². The molecule has 0 amide bonds. The van der Waals surface area contributed by atoms with Gasteiger partial charge in [0.25, 0.3) is 0 Å². The van der Waals surface area contributed by atoms with Gasteiger partial charge >= 0.3 is 0 Å². The lowest BCUT2D eigenvalue weighted by Crippen LogP contribution is -2.25. The molecule has 1 fully saturated rings. The van der Waals surface area contributed by atoms with Crippen molar-refractivity contribution in [3.05, 3.63) is 35.4 Å². The van der Waals surface area contributed by atoms with E-state index in [9.17, 15) is 8.42 Å². The number of nitrogens with zero attached hydrogens (tertiary/aromatic N) is 1. The lowest BCUT2D eigenvalue weighted by atomic mass is 10.1. The Labute approximate surface area is 122 Å². The molecule has 1 aromatic rings. The summed E-state index contributed by atoms with van der Waals surface area (Å²) in [6.07, 6.45) is 3.88. The standard InChI is InChI=1S/C15H24N2O2S/c1-17(8-9-20(2,18)19)12-14-5-3-4-13(10-14)11-16-15-6-7-15/h3-5,10,15-16H,6-9,11-12H2,1-2H3. The summed E-state index contributed by atoms with van der Waals surface area (Å²) in [5, 5.41) is 3.51. The van der Waals surface area contributed by atoms with Crippen LogP contribution < -0.4 is 5.32 Å². The number of benzene rings is 1. The largest absolute Gasteiger partial charge is 0.310 e. The highest BCUT2D eigenvalue weighted by Crippen LogP contribution is 2.19. The molecular formula is C15H24N2O2S. The van der Waals surface area contributed by atoms with Gasteiger partial charge in [0.1, 0.15) is 9.84 Å². The highest BCUT2D eigenvalue weighted by molar-refractivity contribution is 7.90. The second-order valence-electron chi connectivity index (χ2n) is 5.84. The molecule has 1 saturated carbocycles. The molecule has 0 aromatic heterocycles. The third-order valence-electron chi connectivity index (χ3n) is 3.46. The SMILES string of the molecule is CN(CCS(C)(=O)=O)Cc1cccc(CNC2CC2)c1. The first-order valence-electron chi connectivity index (χ1n) is 7.10. The molecule has 0 spiro atoms. The molecule has 4 nitrogen and oxygen atoms in total. The Balaban J connectivity index is 1.83. The van der Waals surface area contributed by atoms with Gasteiger partial charge in [-0.05, 0) is 31.0 Å². The summed E-state index contributed by atoms with van der Waals surface area (Å²) in [7, 11) is -0.924. The normalized spacial score (nSPS) is 15.8. The van der Waals surface area contributed by atoms with Gasteiger partial charge < -0.3 is 10.2 Å². The summed E-state index contributed by atoms with van der Waals surface area (Å²) >= 11 is 0. The highest BCUT2D eigenvalue weighted by atomic mass is 32.2. The molecule has 2 rings (SSSR count). The second kappa shape index (κ2) is 6.70. The van der Waals surface area contributed by atoms with Crippen LogP contribution >= 0.6 is 0 Å². The predicted octanol–water partition coefficient (Wildman–Crippen LogP) is 1.41. The molecule has 0 radical (unpaired) electrons. The molecule has 0 heterocycles. The van der Waals surface area contributed by atoms with Gasteiger partial charge in [-0.3, -0.25) is 0 Å². The number of nitrogens with one attached hydrogen (secondary N) is 1. The summed E-state index contributed by atoms with van der Waals surface area (Å²) in [5.74, 6) is 0.215. The number of hydrogen-bond donors (Lipinski definition) is 1. The van der Waals surface area contributed by atoms with Crippen LogP contribution in [0.5, 0.6) is 0 Å². The minimum absolute atomic E-state index is 0.215. The summed E-state index contributed by atoms with van der Waals surface area (Å²) in [6.45, 7) is 2.28. The average molecular weight is 296 g/mol. The summed E-state index contributed by atoms with van der Waals surface area (Å²) in [5.41, 5.74) is 2.53. The minimum Gasteiger partial charge on any atom is -0.310 e. The Kier molecular flexibility index (Phi) is 5.18. The Hall–Kier alpha value is -0.910. The highest BCUT2D eigenvalue weighted by Gasteiger charge is 2.19. The first-order chi connectivity index (χ1) is 9.42. The molecule has 0 unspecified atom stereocenters. The Morgan fingerprint density at radius 1 is 1.30 bits per heavy atom. The van der Waals surface area contributed by atoms with E-state index in [4.69, 9.17) is 0 Å². The van der Waals surface area contributed by atoms with Crippen molar-refractivity contribution in [1.82, 2.24) is 10.2 Å². The van der Waals surface area contributed by atoms with Gasteiger partial charge in [-0.2, -0.15) is 0 Å². The van der Waals surface area contributed by atoms with E-state index in [1.54, 1.807) is 0 Å². The van der Waals surface area contributed by atoms with Crippen LogP contribution in [-0.2, 0) is 22.9 Å². The molecule has 1 N–H and O–H groups in total. The monoisotopic (exact) mass is 296 g/mol. The van der Waals surface area contributed by atoms with Gasteiger partial charge in [0.2, 0.25) is 0 Å². The first-order valence-corrected chi connectivity index (χ1v) is 9.16. The molecular weight excluding hydrogens is 272 g/mol. The van der Waals surface area contributed by atoms with E-state index in [0.29, 0.717) is 6.54 Å². The van der Waals surface area contributed by atoms with Crippen LogP contribution in [0.4, 0.5) is 0 Å². The van der Waals surface area contributed by atoms with E-state index in [0.717, 1.165) is 19.1 Å². The molecule has 0 atom stereocenters. The maximum Gasteiger partial charge on any atom is 0.148 e. The molecule has 20 heavy (non-hydrogen) atoms. The summed E-state index contributed by atoms with van der Waals surface area (Å²) < 4.78 is 22.3. The van der Waals surface area contributed by atoms with Gasteiger partial charge in [0, 0.05) is 31.9 Å². The second-order valence-corrected chi connectivity index (χ2v) is 8.10. The Morgan fingerprint density at radius 2 is 2.00 bits per heavy atom. The van der Waals surface area contributed by atoms with Crippen molar-refractivity contribution >= 4 is 9.84 Å². The van der Waals surface area contributed by atoms with Crippen LogP contribution in [0.15, 0.2) is 24.3 Å². The van der Waals surface area contributed by atoms with E-state index in [1.165, 1.54) is 30.2 Å². The Bertz CT molecular complexity index is 539. The van der Waals surface area contributed by atoms with Crippen molar-refractivity contribution in [3.8, 4) is 0 Å². The van der Waals surface area contributed by atoms with E-state index < -0.39 is 9.84 Å². The van der Waals surface area contributed by atoms with Crippen molar-refractivity contribution in [3.63, 3.8) is 0 Å². The van der Waals surface area contributed by atoms with Gasteiger partial charge in [-0.1, -0.05) is 24.3 Å². The summed E-state index contributed by atoms with van der Waals surface area (Å²) in [6, 6.07) is 9.22. The molecule has 0 bridgehead atoms. The summed E-state index contributed by atoms with van der Waals surface area (Å²) in [4.78, 5) is 2.05. The minimum atomic E-state index is -2.88. The van der Waals surface area contributed by atoms with Crippen LogP contribution in [0.2, 0.25) is 0 Å². The lowest BCUT2D eigenvalue weighted by Gasteiger charge is -2.16. The number of rotatable bonds is 8. The Morgan fingerprint density at radius 3 is 2.65 bits per heavy atom. The fraction of sp³-hybridized carbons (Fsp3) is 0.600. The van der Waals surface area contributed by atoms with Gasteiger partial charge in [0.05, 0.1) is 5.75 Å². The van der Waals surface area contributed by atoms with E-state index in [-0.39, 0.29) is 5.75 Å². The van der Waals surface area contributed by atoms with Crippen molar-refractivity contribution in [2.24, 2.45) is 0 Å². The first kappa shape index (κ1) is 15.5. The zero-order chi connectivity index (χ0) is 14.6. The molecule has 1 aliphatic carbocycles. The van der Waals surface area contributed by atoms with Gasteiger partial charge in [-0.25, -0.2) is 8.42 Å². The van der Waals surface area contributed by atoms with E-state index >= 15 is 0 Å². The van der Waals surface area contributed by atoms with E-state index in [2.05, 4.69) is 34.5 Å². The molecule has 0 aliphatic heterocycles. The van der Waals surface area contributed by atoms with Crippen LogP contribution in [-0.4, -0.2) is 45.0 Å². The van der Waals surface area contributed by atoms with Crippen LogP contribution in [0.3, 0.4) is 0 Å². The molecule has 5 heteroatoms. The van der Waals surface area contributed by atoms with Gasteiger partial charge in [0.15, 0.2) is 0 Å². The number of sulfone groups is 1. The van der Waals surface area contributed by atoms with Crippen molar-refractivity contribution < 1.29 is 8.42 Å². The fourth-order valence-corrected chi connectivity index (χ4v) is 2.74. The molecule has 0 saturated heterocycles.